The normalized spacial score (nSPS) is 32.1. The lowest BCUT2D eigenvalue weighted by Crippen LogP contribution is -2.37. The van der Waals surface area contributed by atoms with Gasteiger partial charge in [-0.05, 0) is 12.1 Å². The van der Waals surface area contributed by atoms with Gasteiger partial charge < -0.3 is 0 Å². The molecule has 1 fully saturated rings. The first-order valence-corrected chi connectivity index (χ1v) is 3.77. The molecule has 0 bridgehead atoms. The van der Waals surface area contributed by atoms with Gasteiger partial charge in [0.1, 0.15) is 1.41 Å². The van der Waals surface area contributed by atoms with Gasteiger partial charge in [-0.2, -0.15) is 11.1 Å². The summed E-state index contributed by atoms with van der Waals surface area (Å²) in [6, 6.07) is 6.60. The van der Waals surface area contributed by atoms with Crippen LogP contribution in [-0.4, -0.2) is 6.62 Å². The zero-order chi connectivity index (χ0) is 12.8. The quantitative estimate of drug-likeness (QED) is 0.476. The number of nitrogens with one attached hydrogen (secondary N) is 3. The monoisotopic (exact) mass is 187 g/mol. The third-order valence-corrected chi connectivity index (χ3v) is 1.80. The van der Waals surface area contributed by atoms with E-state index in [2.05, 4.69) is 12.6 Å². The molecule has 1 aromatic carbocycles. The van der Waals surface area contributed by atoms with Gasteiger partial charge in [0.25, 0.3) is 0 Å². The first-order chi connectivity index (χ1) is 7.87. The average molecular weight is 187 g/mol. The molecule has 1 aliphatic heterocycles. The molecule has 1 heterocycles. The van der Waals surface area contributed by atoms with Crippen LogP contribution < -0.4 is 21.5 Å². The summed E-state index contributed by atoms with van der Waals surface area (Å²) < 4.78 is 37.8. The Hall–Kier alpha value is -0.750. The molecule has 64 valence electrons. The van der Waals surface area contributed by atoms with Gasteiger partial charge in [0, 0.05) is 4.90 Å². The fourth-order valence-electron chi connectivity index (χ4n) is 0.888. The van der Waals surface area contributed by atoms with Crippen LogP contribution in [0.3, 0.4) is 0 Å². The van der Waals surface area contributed by atoms with E-state index in [-0.39, 0.29) is 5.42 Å². The van der Waals surface area contributed by atoms with Gasteiger partial charge in [-0.3, -0.25) is 5.01 Å². The summed E-state index contributed by atoms with van der Waals surface area (Å²) in [6.45, 7) is -2.33. The maximum atomic E-state index is 7.72. The molecular formula is C7H10N4S. The van der Waals surface area contributed by atoms with E-state index in [0.717, 1.165) is 5.01 Å². The molecule has 4 nitrogen and oxygen atoms in total. The summed E-state index contributed by atoms with van der Waals surface area (Å²) >= 11 is 4.17. The maximum Gasteiger partial charge on any atom is 0.169 e. The Labute approximate surface area is 83.5 Å². The molecule has 0 aliphatic carbocycles. The van der Waals surface area contributed by atoms with Crippen LogP contribution in [0.25, 0.3) is 0 Å². The molecule has 1 saturated heterocycles. The Kier molecular flexibility index (Phi) is 1.10. The second-order valence-corrected chi connectivity index (χ2v) is 2.66. The van der Waals surface area contributed by atoms with E-state index in [1.54, 1.807) is 24.3 Å². The lowest BCUT2D eigenvalue weighted by molar-refractivity contribution is 0.581. The van der Waals surface area contributed by atoms with Crippen LogP contribution in [0.15, 0.2) is 29.2 Å². The van der Waals surface area contributed by atoms with Crippen LogP contribution >= 0.6 is 12.6 Å². The summed E-state index contributed by atoms with van der Waals surface area (Å²) in [5, 5.41) is 0.856. The Morgan fingerprint density at radius 3 is 3.08 bits per heavy atom. The highest BCUT2D eigenvalue weighted by Crippen LogP contribution is 2.21. The standard InChI is InChI=1S/C7H10N4S/c12-7-4-2-1-3-6(7)11-5-8-9-10-11/h1-4,8-10,12H,5H2/i5D2/hD3. The highest BCUT2D eigenvalue weighted by atomic mass is 32.1. The van der Waals surface area contributed by atoms with E-state index in [9.17, 15) is 0 Å². The van der Waals surface area contributed by atoms with Crippen LogP contribution in [0.1, 0.15) is 2.74 Å². The van der Waals surface area contributed by atoms with Crippen LogP contribution in [-0.2, 0) is 0 Å². The number of anilines is 1. The molecule has 0 atom stereocenters. The summed E-state index contributed by atoms with van der Waals surface area (Å²) in [5.74, 6) is 0. The summed E-state index contributed by atoms with van der Waals surface area (Å²) in [7, 11) is 0. The number of benzene rings is 1. The van der Waals surface area contributed by atoms with Crippen molar-refractivity contribution in [3.63, 3.8) is 0 Å². The average Bonchev–Trinajstić information content (AvgIpc) is 2.42. The van der Waals surface area contributed by atoms with Gasteiger partial charge in [-0.25, -0.2) is 5.42 Å². The number of rotatable bonds is 1. The molecule has 2 rings (SSSR count). The first kappa shape index (κ1) is 3.97. The van der Waals surface area contributed by atoms with Crippen molar-refractivity contribution in [2.45, 2.75) is 4.90 Å². The number of hydrogen-bond donors (Lipinski definition) is 4. The molecule has 0 amide bonds. The lowest BCUT2D eigenvalue weighted by atomic mass is 10.3. The molecule has 3 N–H and O–H groups in total. The highest BCUT2D eigenvalue weighted by molar-refractivity contribution is 7.80. The number of para-hydroxylation sites is 1. The van der Waals surface area contributed by atoms with Gasteiger partial charge in [-0.1, -0.05) is 12.1 Å². The number of nitrogens with zero attached hydrogens (tertiary/aromatic N) is 1. The largest absolute Gasteiger partial charge is 0.277 e. The number of hydrogen-bond acceptors (Lipinski definition) is 5. The minimum atomic E-state index is -2.33. The minimum absolute atomic E-state index is 0.250. The van der Waals surface area contributed by atoms with E-state index < -0.39 is 6.62 Å². The Bertz CT molecular complexity index is 432. The molecule has 0 radical (unpaired) electrons. The van der Waals surface area contributed by atoms with Gasteiger partial charge in [0.15, 0.2) is 2.82 Å². The van der Waals surface area contributed by atoms with Crippen molar-refractivity contribution >= 4 is 18.3 Å². The van der Waals surface area contributed by atoms with Gasteiger partial charge >= 0.3 is 0 Å². The maximum absolute atomic E-state index is 7.72. The second-order valence-electron chi connectivity index (χ2n) is 2.18. The number of thiol groups is 1. The van der Waals surface area contributed by atoms with E-state index in [0.29, 0.717) is 21.6 Å². The topological polar surface area (TPSA) is 39.3 Å². The summed E-state index contributed by atoms with van der Waals surface area (Å²) in [5.41, 5.74) is 1.30. The Morgan fingerprint density at radius 2 is 2.42 bits per heavy atom. The van der Waals surface area contributed by atoms with Crippen molar-refractivity contribution in [1.82, 2.24) is 16.5 Å². The van der Waals surface area contributed by atoms with Crippen molar-refractivity contribution in [1.29, 1.82) is 0 Å². The Morgan fingerprint density at radius 1 is 1.58 bits per heavy atom. The predicted molar refractivity (Wildman–Crippen MR) is 50.4 cm³/mol. The summed E-state index contributed by atoms with van der Waals surface area (Å²) in [4.78, 5) is 0.456. The molecule has 1 aromatic rings. The van der Waals surface area contributed by atoms with Crippen molar-refractivity contribution in [2.75, 3.05) is 11.6 Å². The third kappa shape index (κ3) is 1.39. The predicted octanol–water partition coefficient (Wildman–Crippen LogP) is 0.267. The lowest BCUT2D eigenvalue weighted by Gasteiger charge is -2.16. The molecule has 0 spiro atoms. The van der Waals surface area contributed by atoms with E-state index in [4.69, 9.17) is 6.98 Å². The molecule has 0 aromatic heterocycles. The SMILES string of the molecule is [2H]N1N([2H])N(c2ccccc2S)C([2H])([2H])N1[2H]. The van der Waals surface area contributed by atoms with Crippen molar-refractivity contribution < 1.29 is 6.98 Å². The van der Waals surface area contributed by atoms with Gasteiger partial charge in [0.05, 0.1) is 15.0 Å². The first-order valence-electron chi connectivity index (χ1n) is 5.66. The fraction of sp³-hybridized carbons (Fsp3) is 0.143. The van der Waals surface area contributed by atoms with E-state index in [1.807, 2.05) is 0 Å². The second kappa shape index (κ2) is 3.32. The zero-order valence-corrected chi connectivity index (χ0v) is 6.94. The molecule has 5 heteroatoms. The Balaban J connectivity index is 2.48. The van der Waals surface area contributed by atoms with Crippen LogP contribution in [0.4, 0.5) is 5.69 Å². The third-order valence-electron chi connectivity index (χ3n) is 1.42. The van der Waals surface area contributed by atoms with Crippen LogP contribution in [0, 0.1) is 0 Å². The smallest absolute Gasteiger partial charge is 0.169 e. The molecule has 12 heavy (non-hydrogen) atoms. The van der Waals surface area contributed by atoms with Crippen LogP contribution in [0.5, 0.6) is 0 Å². The molecule has 0 unspecified atom stereocenters. The van der Waals surface area contributed by atoms with Crippen molar-refractivity contribution in [2.24, 2.45) is 0 Å². The minimum Gasteiger partial charge on any atom is -0.277 e. The highest BCUT2D eigenvalue weighted by Gasteiger charge is 2.11. The molecule has 0 saturated carbocycles. The summed E-state index contributed by atoms with van der Waals surface area (Å²) in [6.07, 6.45) is 0. The van der Waals surface area contributed by atoms with Crippen molar-refractivity contribution in [3.8, 4) is 0 Å². The molecule has 1 aliphatic rings. The zero-order valence-electron chi connectivity index (χ0n) is 11.0. The molecular weight excluding hydrogens is 172 g/mol. The van der Waals surface area contributed by atoms with E-state index in [1.165, 1.54) is 0 Å². The van der Waals surface area contributed by atoms with Crippen molar-refractivity contribution in [3.05, 3.63) is 24.3 Å². The van der Waals surface area contributed by atoms with Crippen LogP contribution in [0.2, 0.25) is 4.24 Å². The van der Waals surface area contributed by atoms with Gasteiger partial charge in [-0.15, -0.1) is 12.6 Å². The van der Waals surface area contributed by atoms with Gasteiger partial charge in [0.2, 0.25) is 0 Å². The number of hydrazine groups is 3. The van der Waals surface area contributed by atoms with E-state index >= 15 is 0 Å². The fourth-order valence-corrected chi connectivity index (χ4v) is 1.14.